The largest absolute Gasteiger partial charge is 0.420 e. The number of benzene rings is 1. The number of halogens is 1. The summed E-state index contributed by atoms with van der Waals surface area (Å²) in [6.07, 6.45) is 0. The van der Waals surface area contributed by atoms with Gasteiger partial charge in [-0.3, -0.25) is 4.72 Å². The molecular weight excluding hydrogens is 359 g/mol. The lowest BCUT2D eigenvalue weighted by molar-refractivity contribution is 0.528. The van der Waals surface area contributed by atoms with Gasteiger partial charge in [0.25, 0.3) is 15.9 Å². The number of hydrogen-bond donors (Lipinski definition) is 1. The van der Waals surface area contributed by atoms with E-state index in [0.717, 1.165) is 6.07 Å². The van der Waals surface area contributed by atoms with Crippen LogP contribution in [0.3, 0.4) is 0 Å². The van der Waals surface area contributed by atoms with Crippen LogP contribution in [0.4, 0.5) is 10.1 Å². The molecule has 0 aliphatic rings. The van der Waals surface area contributed by atoms with E-state index in [2.05, 4.69) is 14.9 Å². The lowest BCUT2D eigenvalue weighted by Gasteiger charge is -2.10. The van der Waals surface area contributed by atoms with Gasteiger partial charge in [0.15, 0.2) is 0 Å². The van der Waals surface area contributed by atoms with Crippen LogP contribution in [0, 0.1) is 33.5 Å². The first-order valence-corrected chi connectivity index (χ1v) is 9.35. The number of sulfonamides is 1. The minimum Gasteiger partial charge on any atom is -0.420 e. The van der Waals surface area contributed by atoms with E-state index in [-0.39, 0.29) is 16.5 Å². The first-order chi connectivity index (χ1) is 12.1. The van der Waals surface area contributed by atoms with Crippen molar-refractivity contribution >= 4 is 15.7 Å². The van der Waals surface area contributed by atoms with E-state index in [4.69, 9.17) is 4.42 Å². The highest BCUT2D eigenvalue weighted by molar-refractivity contribution is 7.92. The van der Waals surface area contributed by atoms with Crippen molar-refractivity contribution in [3.05, 3.63) is 46.7 Å². The first-order valence-electron chi connectivity index (χ1n) is 7.87. The summed E-state index contributed by atoms with van der Waals surface area (Å²) < 4.78 is 49.2. The summed E-state index contributed by atoms with van der Waals surface area (Å²) in [6, 6.07) is 4.19. The number of nitrogens with one attached hydrogen (secondary N) is 1. The molecular formula is C17H19FN4O3S. The highest BCUT2D eigenvalue weighted by Gasteiger charge is 2.29. The normalized spacial score (nSPS) is 11.8. The van der Waals surface area contributed by atoms with E-state index < -0.39 is 15.8 Å². The Morgan fingerprint density at radius 1 is 1.15 bits per heavy atom. The number of nitrogens with zero attached hydrogens (tertiary/aromatic N) is 3. The van der Waals surface area contributed by atoms with Crippen LogP contribution in [-0.2, 0) is 17.1 Å². The minimum atomic E-state index is -3.93. The van der Waals surface area contributed by atoms with Crippen molar-refractivity contribution in [3.8, 4) is 11.6 Å². The lowest BCUT2D eigenvalue weighted by atomic mass is 10.2. The molecule has 0 spiro atoms. The van der Waals surface area contributed by atoms with Crippen molar-refractivity contribution in [1.29, 1.82) is 0 Å². The van der Waals surface area contributed by atoms with Crippen LogP contribution in [0.15, 0.2) is 27.5 Å². The predicted octanol–water partition coefficient (Wildman–Crippen LogP) is 3.25. The van der Waals surface area contributed by atoms with E-state index >= 15 is 0 Å². The monoisotopic (exact) mass is 378 g/mol. The molecule has 3 rings (SSSR count). The highest BCUT2D eigenvalue weighted by atomic mass is 32.2. The molecule has 0 aliphatic carbocycles. The molecule has 3 aromatic rings. The molecule has 0 saturated heterocycles. The molecule has 1 N–H and O–H groups in total. The molecule has 0 atom stereocenters. The van der Waals surface area contributed by atoms with Crippen molar-refractivity contribution in [2.75, 3.05) is 4.72 Å². The van der Waals surface area contributed by atoms with E-state index in [1.54, 1.807) is 39.3 Å². The Morgan fingerprint density at radius 2 is 1.85 bits per heavy atom. The molecule has 0 unspecified atom stereocenters. The Labute approximate surface area is 150 Å². The van der Waals surface area contributed by atoms with Crippen LogP contribution in [0.5, 0.6) is 0 Å². The van der Waals surface area contributed by atoms with E-state index in [1.807, 2.05) is 0 Å². The third kappa shape index (κ3) is 2.98. The van der Waals surface area contributed by atoms with Gasteiger partial charge >= 0.3 is 0 Å². The molecule has 138 valence electrons. The van der Waals surface area contributed by atoms with Crippen LogP contribution in [0.25, 0.3) is 11.6 Å². The average Bonchev–Trinajstić information content (AvgIpc) is 3.05. The van der Waals surface area contributed by atoms with Crippen LogP contribution >= 0.6 is 0 Å². The molecule has 2 heterocycles. The van der Waals surface area contributed by atoms with Gasteiger partial charge in [-0.15, -0.1) is 10.2 Å². The average molecular weight is 378 g/mol. The molecule has 1 aromatic carbocycles. The third-order valence-corrected chi connectivity index (χ3v) is 5.93. The number of rotatable bonds is 4. The maximum atomic E-state index is 13.7. The zero-order valence-electron chi connectivity index (χ0n) is 15.1. The van der Waals surface area contributed by atoms with Gasteiger partial charge in [0.05, 0.1) is 5.69 Å². The van der Waals surface area contributed by atoms with Crippen LogP contribution in [0.1, 0.15) is 22.7 Å². The van der Waals surface area contributed by atoms with Gasteiger partial charge < -0.3 is 8.98 Å². The molecule has 0 aliphatic heterocycles. The lowest BCUT2D eigenvalue weighted by Crippen LogP contribution is -2.15. The fourth-order valence-electron chi connectivity index (χ4n) is 2.91. The van der Waals surface area contributed by atoms with E-state index in [9.17, 15) is 12.8 Å². The van der Waals surface area contributed by atoms with E-state index in [1.165, 1.54) is 12.1 Å². The van der Waals surface area contributed by atoms with Gasteiger partial charge in [-0.1, -0.05) is 6.07 Å². The maximum Gasteiger partial charge on any atom is 0.264 e. The number of aromatic nitrogens is 3. The van der Waals surface area contributed by atoms with Gasteiger partial charge in [0.2, 0.25) is 5.89 Å². The second kappa shape index (κ2) is 6.24. The van der Waals surface area contributed by atoms with Gasteiger partial charge in [0.1, 0.15) is 16.4 Å². The van der Waals surface area contributed by atoms with Gasteiger partial charge in [-0.05, 0) is 38.5 Å². The number of hydrogen-bond acceptors (Lipinski definition) is 5. The fourth-order valence-corrected chi connectivity index (χ4v) is 4.47. The van der Waals surface area contributed by atoms with Crippen LogP contribution < -0.4 is 4.72 Å². The second-order valence-electron chi connectivity index (χ2n) is 6.14. The molecule has 7 nitrogen and oxygen atoms in total. The standard InChI is InChI=1S/C17H19FN4O3S/c1-9-6-7-13(8-14(9)18)21-26(23,24)16-10(2)15(22(5)11(16)3)17-20-19-12(4)25-17/h6-8,21H,1-5H3. The van der Waals surface area contributed by atoms with Crippen molar-refractivity contribution in [1.82, 2.24) is 14.8 Å². The zero-order chi connectivity index (χ0) is 19.2. The Morgan fingerprint density at radius 3 is 2.42 bits per heavy atom. The predicted molar refractivity (Wildman–Crippen MR) is 94.9 cm³/mol. The summed E-state index contributed by atoms with van der Waals surface area (Å²) in [7, 11) is -2.21. The molecule has 0 amide bonds. The SMILES string of the molecule is Cc1nnc(-c2c(C)c(S(=O)(=O)Nc3ccc(C)c(F)c3)c(C)n2C)o1. The Balaban J connectivity index is 2.09. The summed E-state index contributed by atoms with van der Waals surface area (Å²) in [5, 5.41) is 7.77. The fraction of sp³-hybridized carbons (Fsp3) is 0.294. The Kier molecular flexibility index (Phi) is 4.35. The Bertz CT molecular complexity index is 1100. The van der Waals surface area contributed by atoms with Crippen molar-refractivity contribution in [2.45, 2.75) is 32.6 Å². The topological polar surface area (TPSA) is 90.0 Å². The number of anilines is 1. The first kappa shape index (κ1) is 18.1. The van der Waals surface area contributed by atoms with Crippen molar-refractivity contribution < 1.29 is 17.2 Å². The quantitative estimate of drug-likeness (QED) is 0.753. The molecule has 0 fully saturated rings. The molecule has 2 aromatic heterocycles. The van der Waals surface area contributed by atoms with Gasteiger partial charge in [0, 0.05) is 25.2 Å². The summed E-state index contributed by atoms with van der Waals surface area (Å²) in [6.45, 7) is 6.63. The van der Waals surface area contributed by atoms with E-state index in [0.29, 0.717) is 28.4 Å². The molecule has 0 bridgehead atoms. The highest BCUT2D eigenvalue weighted by Crippen LogP contribution is 2.33. The smallest absolute Gasteiger partial charge is 0.264 e. The third-order valence-electron chi connectivity index (χ3n) is 4.28. The molecule has 9 heteroatoms. The van der Waals surface area contributed by atoms with Crippen LogP contribution in [0.2, 0.25) is 0 Å². The van der Waals surface area contributed by atoms with Gasteiger partial charge in [-0.2, -0.15) is 0 Å². The summed E-state index contributed by atoms with van der Waals surface area (Å²) in [5.41, 5.74) is 2.11. The minimum absolute atomic E-state index is 0.104. The summed E-state index contributed by atoms with van der Waals surface area (Å²) in [5.74, 6) is 0.151. The van der Waals surface area contributed by atoms with Crippen molar-refractivity contribution in [3.63, 3.8) is 0 Å². The Hall–Kier alpha value is -2.68. The molecule has 26 heavy (non-hydrogen) atoms. The molecule has 0 saturated carbocycles. The molecule has 0 radical (unpaired) electrons. The van der Waals surface area contributed by atoms with Crippen LogP contribution in [-0.4, -0.2) is 23.2 Å². The van der Waals surface area contributed by atoms with Gasteiger partial charge in [-0.25, -0.2) is 12.8 Å². The zero-order valence-corrected chi connectivity index (χ0v) is 15.9. The summed E-state index contributed by atoms with van der Waals surface area (Å²) >= 11 is 0. The number of aryl methyl sites for hydroxylation is 2. The summed E-state index contributed by atoms with van der Waals surface area (Å²) in [4.78, 5) is 0.104. The van der Waals surface area contributed by atoms with Crippen molar-refractivity contribution in [2.24, 2.45) is 7.05 Å². The maximum absolute atomic E-state index is 13.7. The second-order valence-corrected chi connectivity index (χ2v) is 7.76.